The zero-order valence-corrected chi connectivity index (χ0v) is 8.29. The topological polar surface area (TPSA) is 71.4 Å². The maximum atomic E-state index is 10.0. The van der Waals surface area contributed by atoms with Crippen LogP contribution in [0.2, 0.25) is 0 Å². The quantitative estimate of drug-likeness (QED) is 0.677. The molecule has 0 atom stereocenters. The molecule has 76 valence electrons. The number of Topliss-reactive ketones (excluding diaryl/α,β-unsaturated/α-hetero) is 2. The molecule has 0 spiro atoms. The first-order valence-electron chi connectivity index (χ1n) is 4.10. The molecule has 0 bridgehead atoms. The van der Waals surface area contributed by atoms with Crippen LogP contribution in [0.3, 0.4) is 0 Å². The van der Waals surface area contributed by atoms with Crippen LogP contribution in [0.4, 0.5) is 0 Å². The molecule has 0 aromatic carbocycles. The van der Waals surface area contributed by atoms with Crippen molar-refractivity contribution in [3.05, 3.63) is 0 Å². The van der Waals surface area contributed by atoms with Crippen LogP contribution in [-0.4, -0.2) is 22.6 Å². The van der Waals surface area contributed by atoms with Gasteiger partial charge in [-0.25, -0.2) is 0 Å². The first-order valence-corrected chi connectivity index (χ1v) is 4.10. The van der Waals surface area contributed by atoms with Crippen molar-refractivity contribution in [2.45, 2.75) is 40.0 Å². The first kappa shape index (κ1) is 14.3. The summed E-state index contributed by atoms with van der Waals surface area (Å²) in [6.07, 6.45) is 1.36. The molecule has 0 amide bonds. The van der Waals surface area contributed by atoms with Gasteiger partial charge in [-0.2, -0.15) is 0 Å². The Morgan fingerprint density at radius 3 is 1.54 bits per heavy atom. The molecule has 0 saturated heterocycles. The van der Waals surface area contributed by atoms with E-state index in [9.17, 15) is 14.4 Å². The molecule has 0 unspecified atom stereocenters. The van der Waals surface area contributed by atoms with Gasteiger partial charge < -0.3 is 9.90 Å². The molecule has 0 aromatic rings. The third-order valence-electron chi connectivity index (χ3n) is 1.00. The largest absolute Gasteiger partial charge is 0.481 e. The minimum absolute atomic E-state index is 0.289. The molecule has 0 heterocycles. The number of carboxylic acid groups (broad SMARTS) is 1. The van der Waals surface area contributed by atoms with Crippen molar-refractivity contribution in [3.63, 3.8) is 0 Å². The monoisotopic (exact) mass is 188 g/mol. The average molecular weight is 188 g/mol. The van der Waals surface area contributed by atoms with Gasteiger partial charge in [-0.1, -0.05) is 6.92 Å². The lowest BCUT2D eigenvalue weighted by atomic mass is 10.3. The van der Waals surface area contributed by atoms with Crippen molar-refractivity contribution in [1.82, 2.24) is 0 Å². The lowest BCUT2D eigenvalue weighted by molar-refractivity contribution is -0.139. The van der Waals surface area contributed by atoms with Crippen molar-refractivity contribution in [3.8, 4) is 0 Å². The van der Waals surface area contributed by atoms with Crippen molar-refractivity contribution in [2.75, 3.05) is 0 Å². The Kier molecular flexibility index (Phi) is 9.82. The zero-order valence-electron chi connectivity index (χ0n) is 8.29. The highest BCUT2D eigenvalue weighted by Crippen LogP contribution is 1.84. The summed E-state index contributed by atoms with van der Waals surface area (Å²) in [6.45, 7) is 4.86. The van der Waals surface area contributed by atoms with Gasteiger partial charge >= 0.3 is 5.97 Å². The van der Waals surface area contributed by atoms with Gasteiger partial charge in [0.1, 0.15) is 18.0 Å². The SMILES string of the molecule is CC(=O)CC(=O)O.CCCC(C)=O. The molecule has 1 N–H and O–H groups in total. The molecule has 0 radical (unpaired) electrons. The van der Waals surface area contributed by atoms with E-state index in [1.807, 2.05) is 6.92 Å². The van der Waals surface area contributed by atoms with Crippen LogP contribution in [0.5, 0.6) is 0 Å². The maximum absolute atomic E-state index is 10.0. The number of hydrogen-bond donors (Lipinski definition) is 1. The second kappa shape index (κ2) is 8.90. The molecule has 0 aliphatic rings. The fourth-order valence-electron chi connectivity index (χ4n) is 0.565. The van der Waals surface area contributed by atoms with Gasteiger partial charge in [-0.05, 0) is 20.3 Å². The van der Waals surface area contributed by atoms with E-state index in [1.165, 1.54) is 6.92 Å². The number of hydrogen-bond acceptors (Lipinski definition) is 3. The highest BCUT2D eigenvalue weighted by Gasteiger charge is 1.98. The van der Waals surface area contributed by atoms with Crippen LogP contribution >= 0.6 is 0 Å². The van der Waals surface area contributed by atoms with Crippen molar-refractivity contribution < 1.29 is 19.5 Å². The van der Waals surface area contributed by atoms with Crippen molar-refractivity contribution in [1.29, 1.82) is 0 Å². The molecule has 0 aromatic heterocycles. The van der Waals surface area contributed by atoms with E-state index < -0.39 is 5.97 Å². The third kappa shape index (κ3) is 24.9. The zero-order chi connectivity index (χ0) is 10.9. The predicted octanol–water partition coefficient (Wildman–Crippen LogP) is 1.43. The molecule has 4 nitrogen and oxygen atoms in total. The second-order valence-electron chi connectivity index (χ2n) is 2.72. The molecule has 0 rings (SSSR count). The van der Waals surface area contributed by atoms with E-state index in [0.29, 0.717) is 0 Å². The summed E-state index contributed by atoms with van der Waals surface area (Å²) in [5, 5.41) is 7.86. The highest BCUT2D eigenvalue weighted by molar-refractivity contribution is 5.93. The van der Waals surface area contributed by atoms with Crippen LogP contribution in [0, 0.1) is 0 Å². The van der Waals surface area contributed by atoms with Gasteiger partial charge in [0.2, 0.25) is 0 Å². The van der Waals surface area contributed by atoms with E-state index in [0.717, 1.165) is 12.8 Å². The Balaban J connectivity index is 0. The van der Waals surface area contributed by atoms with E-state index in [-0.39, 0.29) is 18.0 Å². The predicted molar refractivity (Wildman–Crippen MR) is 48.5 cm³/mol. The van der Waals surface area contributed by atoms with Crippen LogP contribution < -0.4 is 0 Å². The molecular formula is C9H16O4. The Hall–Kier alpha value is -1.19. The lowest BCUT2D eigenvalue weighted by Gasteiger charge is -1.80. The summed E-state index contributed by atoms with van der Waals surface area (Å²) >= 11 is 0. The Morgan fingerprint density at radius 2 is 1.54 bits per heavy atom. The summed E-state index contributed by atoms with van der Waals surface area (Å²) in [6, 6.07) is 0. The third-order valence-corrected chi connectivity index (χ3v) is 1.00. The van der Waals surface area contributed by atoms with Gasteiger partial charge in [0.15, 0.2) is 0 Å². The molecule has 0 fully saturated rings. The van der Waals surface area contributed by atoms with Crippen LogP contribution in [0.25, 0.3) is 0 Å². The summed E-state index contributed by atoms with van der Waals surface area (Å²) in [4.78, 5) is 29.5. The Bertz CT molecular complexity index is 172. The fourth-order valence-corrected chi connectivity index (χ4v) is 0.565. The fraction of sp³-hybridized carbons (Fsp3) is 0.667. The number of carboxylic acids is 1. The Labute approximate surface area is 77.9 Å². The van der Waals surface area contributed by atoms with Gasteiger partial charge in [0.05, 0.1) is 0 Å². The smallest absolute Gasteiger partial charge is 0.310 e. The van der Waals surface area contributed by atoms with Gasteiger partial charge in [0.25, 0.3) is 0 Å². The van der Waals surface area contributed by atoms with Crippen molar-refractivity contribution in [2.24, 2.45) is 0 Å². The standard InChI is InChI=1S/C5H10O.C4H6O3/c1-3-4-5(2)6;1-3(5)2-4(6)7/h3-4H2,1-2H3;2H2,1H3,(H,6,7). The van der Waals surface area contributed by atoms with Gasteiger partial charge in [-0.15, -0.1) is 0 Å². The highest BCUT2D eigenvalue weighted by atomic mass is 16.4. The maximum Gasteiger partial charge on any atom is 0.310 e. The number of carbonyl (C=O) groups excluding carboxylic acids is 2. The number of rotatable bonds is 4. The van der Waals surface area contributed by atoms with E-state index in [1.54, 1.807) is 6.92 Å². The van der Waals surface area contributed by atoms with Crippen LogP contribution in [-0.2, 0) is 14.4 Å². The second-order valence-corrected chi connectivity index (χ2v) is 2.72. The van der Waals surface area contributed by atoms with E-state index in [4.69, 9.17) is 5.11 Å². The van der Waals surface area contributed by atoms with Gasteiger partial charge in [-0.3, -0.25) is 9.59 Å². The minimum Gasteiger partial charge on any atom is -0.481 e. The van der Waals surface area contributed by atoms with E-state index in [2.05, 4.69) is 0 Å². The molecular weight excluding hydrogens is 172 g/mol. The van der Waals surface area contributed by atoms with Crippen molar-refractivity contribution >= 4 is 17.5 Å². The summed E-state index contributed by atoms with van der Waals surface area (Å²) in [5.41, 5.74) is 0. The minimum atomic E-state index is -1.06. The summed E-state index contributed by atoms with van der Waals surface area (Å²) in [7, 11) is 0. The summed E-state index contributed by atoms with van der Waals surface area (Å²) < 4.78 is 0. The van der Waals surface area contributed by atoms with Crippen LogP contribution in [0.15, 0.2) is 0 Å². The Morgan fingerprint density at radius 1 is 1.08 bits per heavy atom. The number of aliphatic carboxylic acids is 1. The number of ketones is 2. The first-order chi connectivity index (χ1) is 5.90. The number of carbonyl (C=O) groups is 3. The summed E-state index contributed by atoms with van der Waals surface area (Å²) in [5.74, 6) is -1.09. The lowest BCUT2D eigenvalue weighted by Crippen LogP contribution is -2.00. The molecule has 0 aliphatic carbocycles. The van der Waals surface area contributed by atoms with Crippen LogP contribution in [0.1, 0.15) is 40.0 Å². The molecule has 13 heavy (non-hydrogen) atoms. The average Bonchev–Trinajstić information content (AvgIpc) is 1.83. The molecule has 4 heteroatoms. The molecule has 0 saturated carbocycles. The van der Waals surface area contributed by atoms with E-state index >= 15 is 0 Å². The van der Waals surface area contributed by atoms with Gasteiger partial charge in [0, 0.05) is 6.42 Å². The normalized spacial score (nSPS) is 8.23. The molecule has 0 aliphatic heterocycles.